The fourth-order valence-electron chi connectivity index (χ4n) is 7.57. The Morgan fingerprint density at radius 2 is 1.81 bits per heavy atom. The van der Waals surface area contributed by atoms with Gasteiger partial charge in [0.1, 0.15) is 5.78 Å². The Balaban J connectivity index is 1.62. The number of ketones is 1. The number of Topliss-reactive ketones (excluding diaryl/α,β-unsaturated/α-hetero) is 1. The van der Waals surface area contributed by atoms with Crippen LogP contribution in [-0.2, 0) is 4.79 Å². The van der Waals surface area contributed by atoms with Crippen LogP contribution in [0, 0.1) is 46.3 Å². The van der Waals surface area contributed by atoms with Gasteiger partial charge in [0, 0.05) is 5.92 Å². The van der Waals surface area contributed by atoms with Gasteiger partial charge >= 0.3 is 6.18 Å². The zero-order chi connectivity index (χ0) is 18.9. The monoisotopic (exact) mass is 368 g/mol. The van der Waals surface area contributed by atoms with Gasteiger partial charge < -0.3 is 0 Å². The first-order valence-corrected chi connectivity index (χ1v) is 10.3. The normalized spacial score (nSPS) is 50.7. The molecule has 4 rings (SSSR count). The number of halogens is 3. The molecule has 0 aromatic carbocycles. The van der Waals surface area contributed by atoms with Crippen LogP contribution in [0.25, 0.3) is 0 Å². The summed E-state index contributed by atoms with van der Waals surface area (Å²) in [6, 6.07) is 0. The zero-order valence-corrected chi connectivity index (χ0v) is 16.1. The molecule has 1 nitrogen and oxygen atoms in total. The molecular formula is C22H31F3O. The number of fused-ring (bicyclic) bond motifs is 5. The van der Waals surface area contributed by atoms with E-state index in [9.17, 15) is 18.0 Å². The summed E-state index contributed by atoms with van der Waals surface area (Å²) >= 11 is 0. The van der Waals surface area contributed by atoms with Crippen LogP contribution in [0.2, 0.25) is 0 Å². The Morgan fingerprint density at radius 3 is 2.46 bits per heavy atom. The summed E-state index contributed by atoms with van der Waals surface area (Å²) in [5.41, 5.74) is -0.0455. The van der Waals surface area contributed by atoms with Crippen molar-refractivity contribution in [2.24, 2.45) is 46.3 Å². The molecule has 0 radical (unpaired) electrons. The fraction of sp³-hybridized carbons (Fsp3) is 0.864. The summed E-state index contributed by atoms with van der Waals surface area (Å²) in [5.74, 6) is 0.938. The van der Waals surface area contributed by atoms with E-state index in [4.69, 9.17) is 0 Å². The van der Waals surface area contributed by atoms with E-state index in [0.29, 0.717) is 36.4 Å². The van der Waals surface area contributed by atoms with Crippen molar-refractivity contribution in [1.82, 2.24) is 0 Å². The molecule has 146 valence electrons. The van der Waals surface area contributed by atoms with Crippen LogP contribution in [0.15, 0.2) is 12.2 Å². The van der Waals surface area contributed by atoms with E-state index in [-0.39, 0.29) is 29.1 Å². The summed E-state index contributed by atoms with van der Waals surface area (Å²) in [6.45, 7) is 6.22. The van der Waals surface area contributed by atoms with Crippen molar-refractivity contribution in [3.63, 3.8) is 0 Å². The minimum Gasteiger partial charge on any atom is -0.300 e. The Hall–Kier alpha value is -0.800. The lowest BCUT2D eigenvalue weighted by Gasteiger charge is -2.59. The molecule has 4 aliphatic rings. The topological polar surface area (TPSA) is 17.1 Å². The highest BCUT2D eigenvalue weighted by Crippen LogP contribution is 2.66. The summed E-state index contributed by atoms with van der Waals surface area (Å²) < 4.78 is 39.8. The largest absolute Gasteiger partial charge is 0.391 e. The highest BCUT2D eigenvalue weighted by atomic mass is 19.4. The fourth-order valence-corrected chi connectivity index (χ4v) is 7.57. The highest BCUT2D eigenvalue weighted by Gasteiger charge is 2.60. The summed E-state index contributed by atoms with van der Waals surface area (Å²) in [4.78, 5) is 12.1. The summed E-state index contributed by atoms with van der Waals surface area (Å²) in [7, 11) is 0. The standard InChI is InChI=1S/C22H31F3O/c1-13(26)17-6-7-18-16-5-4-14-12-15(22(23,24)25)8-10-20(14,2)19(16)9-11-21(17,18)3/h9,11,14-19H,4-8,10,12H2,1-3H3/t14-,15?,16+,17-,18+,19+,20+,21-/m1/s1. The maximum Gasteiger partial charge on any atom is 0.391 e. The number of allylic oxidation sites excluding steroid dienone is 2. The lowest BCUT2D eigenvalue weighted by atomic mass is 9.46. The lowest BCUT2D eigenvalue weighted by molar-refractivity contribution is -0.202. The molecule has 0 aromatic rings. The molecule has 0 saturated heterocycles. The van der Waals surface area contributed by atoms with Gasteiger partial charge in [-0.1, -0.05) is 26.0 Å². The van der Waals surface area contributed by atoms with Gasteiger partial charge in [-0.05, 0) is 86.4 Å². The van der Waals surface area contributed by atoms with E-state index >= 15 is 0 Å². The maximum atomic E-state index is 13.3. The van der Waals surface area contributed by atoms with E-state index in [1.165, 1.54) is 0 Å². The van der Waals surface area contributed by atoms with Gasteiger partial charge in [-0.25, -0.2) is 0 Å². The molecule has 0 aliphatic heterocycles. The van der Waals surface area contributed by atoms with Gasteiger partial charge in [-0.15, -0.1) is 0 Å². The van der Waals surface area contributed by atoms with Gasteiger partial charge in [0.2, 0.25) is 0 Å². The minimum atomic E-state index is -4.04. The van der Waals surface area contributed by atoms with E-state index in [1.807, 2.05) is 0 Å². The molecule has 0 amide bonds. The molecule has 4 aliphatic carbocycles. The third-order valence-electron chi connectivity index (χ3n) is 9.05. The number of hydrogen-bond acceptors (Lipinski definition) is 1. The molecular weight excluding hydrogens is 337 g/mol. The van der Waals surface area contributed by atoms with Crippen molar-refractivity contribution in [3.05, 3.63) is 12.2 Å². The second-order valence-electron chi connectivity index (χ2n) is 10.1. The van der Waals surface area contributed by atoms with E-state index in [2.05, 4.69) is 26.0 Å². The maximum absolute atomic E-state index is 13.3. The van der Waals surface area contributed by atoms with E-state index in [1.54, 1.807) is 6.92 Å². The Labute approximate surface area is 154 Å². The molecule has 0 aromatic heterocycles. The first-order chi connectivity index (χ1) is 12.1. The van der Waals surface area contributed by atoms with Gasteiger partial charge in [0.25, 0.3) is 0 Å². The number of alkyl halides is 3. The molecule has 8 atom stereocenters. The Bertz CT molecular complexity index is 623. The average molecular weight is 368 g/mol. The van der Waals surface area contributed by atoms with Gasteiger partial charge in [-0.3, -0.25) is 4.79 Å². The van der Waals surface area contributed by atoms with Crippen molar-refractivity contribution >= 4 is 5.78 Å². The Kier molecular flexibility index (Phi) is 4.17. The predicted octanol–water partition coefficient (Wildman–Crippen LogP) is 6.19. The summed E-state index contributed by atoms with van der Waals surface area (Å²) in [5, 5.41) is 0. The minimum absolute atomic E-state index is 0.00317. The van der Waals surface area contributed by atoms with Crippen LogP contribution in [0.5, 0.6) is 0 Å². The number of carbonyl (C=O) groups is 1. The lowest BCUT2D eigenvalue weighted by Crippen LogP contribution is -2.52. The molecule has 4 heteroatoms. The third kappa shape index (κ3) is 2.53. The molecule has 0 N–H and O–H groups in total. The predicted molar refractivity (Wildman–Crippen MR) is 95.3 cm³/mol. The molecule has 0 bridgehead atoms. The quantitative estimate of drug-likeness (QED) is 0.504. The first kappa shape index (κ1) is 18.6. The summed E-state index contributed by atoms with van der Waals surface area (Å²) in [6.07, 6.45) is 5.88. The molecule has 0 heterocycles. The van der Waals surface area contributed by atoms with Crippen molar-refractivity contribution in [3.8, 4) is 0 Å². The molecule has 0 spiro atoms. The number of rotatable bonds is 1. The van der Waals surface area contributed by atoms with Crippen LogP contribution in [0.4, 0.5) is 13.2 Å². The van der Waals surface area contributed by atoms with Crippen molar-refractivity contribution in [2.45, 2.75) is 71.9 Å². The van der Waals surface area contributed by atoms with Crippen LogP contribution >= 0.6 is 0 Å². The zero-order valence-electron chi connectivity index (χ0n) is 16.1. The second kappa shape index (κ2) is 5.85. The smallest absolute Gasteiger partial charge is 0.300 e. The van der Waals surface area contributed by atoms with Gasteiger partial charge in [0.05, 0.1) is 5.92 Å². The Morgan fingerprint density at radius 1 is 1.08 bits per heavy atom. The third-order valence-corrected chi connectivity index (χ3v) is 9.05. The van der Waals surface area contributed by atoms with Crippen molar-refractivity contribution < 1.29 is 18.0 Å². The van der Waals surface area contributed by atoms with Gasteiger partial charge in [0.15, 0.2) is 0 Å². The van der Waals surface area contributed by atoms with E-state index < -0.39 is 12.1 Å². The molecule has 3 fully saturated rings. The van der Waals surface area contributed by atoms with Crippen LogP contribution in [0.3, 0.4) is 0 Å². The SMILES string of the molecule is CC(=O)[C@H]1CC[C@H]2[C@@H]3CC[C@@H]4CC(C(F)(F)F)CC[C@]4(C)[C@H]3C=C[C@]12C. The van der Waals surface area contributed by atoms with E-state index in [0.717, 1.165) is 25.7 Å². The first-order valence-electron chi connectivity index (χ1n) is 10.3. The van der Waals surface area contributed by atoms with Crippen molar-refractivity contribution in [1.29, 1.82) is 0 Å². The van der Waals surface area contributed by atoms with Crippen LogP contribution < -0.4 is 0 Å². The highest BCUT2D eigenvalue weighted by molar-refractivity contribution is 5.80. The molecule has 1 unspecified atom stereocenters. The molecule has 3 saturated carbocycles. The molecule has 26 heavy (non-hydrogen) atoms. The van der Waals surface area contributed by atoms with Gasteiger partial charge in [-0.2, -0.15) is 13.2 Å². The average Bonchev–Trinajstić information content (AvgIpc) is 2.90. The number of hydrogen-bond donors (Lipinski definition) is 0. The van der Waals surface area contributed by atoms with Crippen LogP contribution in [-0.4, -0.2) is 12.0 Å². The van der Waals surface area contributed by atoms with Crippen molar-refractivity contribution in [2.75, 3.05) is 0 Å². The second-order valence-corrected chi connectivity index (χ2v) is 10.1. The number of carbonyl (C=O) groups excluding carboxylic acids is 1. The van der Waals surface area contributed by atoms with Crippen LogP contribution in [0.1, 0.15) is 65.7 Å².